The van der Waals surface area contributed by atoms with Crippen LogP contribution in [0.3, 0.4) is 0 Å². The molecule has 0 saturated carbocycles. The predicted octanol–water partition coefficient (Wildman–Crippen LogP) is 1.89. The molecule has 1 aromatic carbocycles. The van der Waals surface area contributed by atoms with Gasteiger partial charge in [0.15, 0.2) is 11.5 Å². The van der Waals surface area contributed by atoms with E-state index in [-0.39, 0.29) is 5.56 Å². The van der Waals surface area contributed by atoms with Crippen molar-refractivity contribution in [2.24, 2.45) is 0 Å². The summed E-state index contributed by atoms with van der Waals surface area (Å²) in [5.41, 5.74) is 0.705. The van der Waals surface area contributed by atoms with E-state index in [0.717, 1.165) is 18.4 Å². The minimum Gasteiger partial charge on any atom is -0.493 e. The van der Waals surface area contributed by atoms with Gasteiger partial charge in [-0.3, -0.25) is 4.79 Å². The molecule has 0 N–H and O–H groups in total. The second-order valence-corrected chi connectivity index (χ2v) is 5.99. The molecule has 0 bridgehead atoms. The average molecular weight is 331 g/mol. The van der Waals surface area contributed by atoms with Crippen molar-refractivity contribution in [3.8, 4) is 11.5 Å². The number of nitrogens with zero attached hydrogens (tertiary/aromatic N) is 3. The average Bonchev–Trinajstić information content (AvgIpc) is 3.13. The van der Waals surface area contributed by atoms with Crippen molar-refractivity contribution in [1.82, 2.24) is 14.6 Å². The van der Waals surface area contributed by atoms with Crippen LogP contribution in [0.4, 0.5) is 0 Å². The molecule has 0 unspecified atom stereocenters. The number of hydrogen-bond acceptors (Lipinski definition) is 6. The summed E-state index contributed by atoms with van der Waals surface area (Å²) >= 11 is 1.31. The van der Waals surface area contributed by atoms with Crippen LogP contribution < -0.4 is 19.6 Å². The maximum absolute atomic E-state index is 12.2. The van der Waals surface area contributed by atoms with Gasteiger partial charge in [0.1, 0.15) is 6.33 Å². The van der Waals surface area contributed by atoms with Gasteiger partial charge in [-0.05, 0) is 30.2 Å². The summed E-state index contributed by atoms with van der Waals surface area (Å²) in [6.45, 7) is 2.78. The van der Waals surface area contributed by atoms with E-state index in [9.17, 15) is 4.79 Å². The van der Waals surface area contributed by atoms with Crippen molar-refractivity contribution < 1.29 is 9.47 Å². The summed E-state index contributed by atoms with van der Waals surface area (Å²) in [6.07, 6.45) is 5.26. The third-order valence-electron chi connectivity index (χ3n) is 3.36. The van der Waals surface area contributed by atoms with E-state index in [2.05, 4.69) is 17.0 Å². The van der Waals surface area contributed by atoms with Gasteiger partial charge in [-0.1, -0.05) is 30.7 Å². The van der Waals surface area contributed by atoms with Crippen molar-refractivity contribution in [3.63, 3.8) is 0 Å². The highest BCUT2D eigenvalue weighted by Crippen LogP contribution is 2.28. The zero-order valence-electron chi connectivity index (χ0n) is 13.0. The van der Waals surface area contributed by atoms with Crippen LogP contribution in [-0.2, 0) is 0 Å². The topological polar surface area (TPSA) is 65.7 Å². The second-order valence-electron chi connectivity index (χ2n) is 4.98. The van der Waals surface area contributed by atoms with Gasteiger partial charge in [-0.15, -0.1) is 0 Å². The van der Waals surface area contributed by atoms with E-state index in [0.29, 0.717) is 27.6 Å². The van der Waals surface area contributed by atoms with E-state index in [1.165, 1.54) is 22.2 Å². The Morgan fingerprint density at radius 3 is 2.96 bits per heavy atom. The lowest BCUT2D eigenvalue weighted by molar-refractivity contribution is 0.288. The zero-order valence-corrected chi connectivity index (χ0v) is 13.8. The van der Waals surface area contributed by atoms with E-state index < -0.39 is 0 Å². The highest BCUT2D eigenvalue weighted by Gasteiger charge is 2.07. The summed E-state index contributed by atoms with van der Waals surface area (Å²) in [4.78, 5) is 16.8. The van der Waals surface area contributed by atoms with E-state index >= 15 is 0 Å². The number of aromatic nitrogens is 3. The number of unbranched alkanes of at least 4 members (excludes halogenated alkanes) is 1. The Kier molecular flexibility index (Phi) is 4.57. The normalized spacial score (nSPS) is 12.0. The monoisotopic (exact) mass is 331 g/mol. The van der Waals surface area contributed by atoms with Crippen LogP contribution in [0.1, 0.15) is 25.3 Å². The van der Waals surface area contributed by atoms with Crippen LogP contribution in [0.2, 0.25) is 0 Å². The van der Waals surface area contributed by atoms with E-state index in [4.69, 9.17) is 9.47 Å². The largest absolute Gasteiger partial charge is 0.493 e. The molecule has 7 heteroatoms. The van der Waals surface area contributed by atoms with Crippen LogP contribution in [-0.4, -0.2) is 28.3 Å². The lowest BCUT2D eigenvalue weighted by Gasteiger charge is -2.10. The SMILES string of the molecule is CCCCOc1ccc(/C=c2\sc3ncnn3c2=O)cc1OC. The number of fused-ring (bicyclic) bond motifs is 1. The Morgan fingerprint density at radius 1 is 1.35 bits per heavy atom. The fraction of sp³-hybridized carbons (Fsp3) is 0.312. The van der Waals surface area contributed by atoms with Gasteiger partial charge >= 0.3 is 0 Å². The van der Waals surface area contributed by atoms with Crippen LogP contribution in [0.5, 0.6) is 11.5 Å². The Morgan fingerprint density at radius 2 is 2.22 bits per heavy atom. The van der Waals surface area contributed by atoms with Gasteiger partial charge < -0.3 is 9.47 Å². The first-order chi connectivity index (χ1) is 11.2. The van der Waals surface area contributed by atoms with Crippen molar-refractivity contribution in [2.75, 3.05) is 13.7 Å². The van der Waals surface area contributed by atoms with Crippen molar-refractivity contribution in [2.45, 2.75) is 19.8 Å². The summed E-state index contributed by atoms with van der Waals surface area (Å²) in [5.74, 6) is 1.37. The molecule has 0 saturated heterocycles. The molecule has 0 radical (unpaired) electrons. The van der Waals surface area contributed by atoms with Crippen molar-refractivity contribution in [1.29, 1.82) is 0 Å². The predicted molar refractivity (Wildman–Crippen MR) is 89.3 cm³/mol. The van der Waals surface area contributed by atoms with Gasteiger partial charge in [0, 0.05) is 0 Å². The zero-order chi connectivity index (χ0) is 16.2. The molecule has 0 aliphatic heterocycles. The van der Waals surface area contributed by atoms with Crippen molar-refractivity contribution in [3.05, 3.63) is 45.0 Å². The number of benzene rings is 1. The summed E-state index contributed by atoms with van der Waals surface area (Å²) in [7, 11) is 1.61. The molecule has 0 atom stereocenters. The van der Waals surface area contributed by atoms with Crippen LogP contribution in [0.25, 0.3) is 11.0 Å². The van der Waals surface area contributed by atoms with Gasteiger partial charge in [-0.2, -0.15) is 9.61 Å². The molecule has 2 heterocycles. The molecule has 0 fully saturated rings. The molecule has 0 amide bonds. The molecule has 3 rings (SSSR count). The van der Waals surface area contributed by atoms with E-state index in [1.807, 2.05) is 24.3 Å². The summed E-state index contributed by atoms with van der Waals surface area (Å²) < 4.78 is 13.0. The molecule has 2 aromatic heterocycles. The summed E-state index contributed by atoms with van der Waals surface area (Å²) in [5, 5.41) is 3.91. The molecule has 3 aromatic rings. The number of rotatable bonds is 6. The smallest absolute Gasteiger partial charge is 0.291 e. The van der Waals surface area contributed by atoms with Gasteiger partial charge in [0.2, 0.25) is 4.96 Å². The third kappa shape index (κ3) is 3.19. The quantitative estimate of drug-likeness (QED) is 0.645. The van der Waals surface area contributed by atoms with Crippen LogP contribution in [0.15, 0.2) is 29.3 Å². The Bertz CT molecular complexity index is 916. The maximum atomic E-state index is 12.2. The number of ether oxygens (including phenoxy) is 2. The second kappa shape index (κ2) is 6.78. The van der Waals surface area contributed by atoms with Crippen molar-refractivity contribution >= 4 is 22.4 Å². The van der Waals surface area contributed by atoms with E-state index in [1.54, 1.807) is 7.11 Å². The standard InChI is InChI=1S/C16H17N3O3S/c1-3-4-7-22-12-6-5-11(8-13(12)21-2)9-14-15(20)19-16(23-14)17-10-18-19/h5-6,8-10H,3-4,7H2,1-2H3/b14-9-. The lowest BCUT2D eigenvalue weighted by atomic mass is 10.2. The molecule has 23 heavy (non-hydrogen) atoms. The van der Waals surface area contributed by atoms with Crippen LogP contribution in [0, 0.1) is 0 Å². The minimum atomic E-state index is -0.162. The molecular weight excluding hydrogens is 314 g/mol. The molecule has 0 aliphatic carbocycles. The van der Waals surface area contributed by atoms with Crippen LogP contribution >= 0.6 is 11.3 Å². The number of thiazole rings is 1. The molecule has 120 valence electrons. The minimum absolute atomic E-state index is 0.162. The first-order valence-electron chi connectivity index (χ1n) is 7.38. The maximum Gasteiger partial charge on any atom is 0.291 e. The highest BCUT2D eigenvalue weighted by atomic mass is 32.1. The Hall–Kier alpha value is -2.41. The first kappa shape index (κ1) is 15.5. The first-order valence-corrected chi connectivity index (χ1v) is 8.19. The van der Waals surface area contributed by atoms with Gasteiger partial charge in [-0.25, -0.2) is 4.98 Å². The van der Waals surface area contributed by atoms with Gasteiger partial charge in [0.25, 0.3) is 5.56 Å². The fourth-order valence-electron chi connectivity index (χ4n) is 2.15. The Balaban J connectivity index is 1.94. The molecule has 0 spiro atoms. The van der Waals surface area contributed by atoms with Gasteiger partial charge in [0.05, 0.1) is 18.2 Å². The highest BCUT2D eigenvalue weighted by molar-refractivity contribution is 7.15. The lowest BCUT2D eigenvalue weighted by Crippen LogP contribution is -2.23. The summed E-state index contributed by atoms with van der Waals surface area (Å²) in [6, 6.07) is 5.62. The third-order valence-corrected chi connectivity index (χ3v) is 4.34. The molecule has 6 nitrogen and oxygen atoms in total. The number of methoxy groups -OCH3 is 1. The molecular formula is C16H17N3O3S. The fourth-order valence-corrected chi connectivity index (χ4v) is 3.03. The number of hydrogen-bond donors (Lipinski definition) is 0. The Labute approximate surface area is 137 Å². The molecule has 0 aliphatic rings.